The highest BCUT2D eigenvalue weighted by Gasteiger charge is 2.33. The lowest BCUT2D eigenvalue weighted by atomic mass is 9.95. The summed E-state index contributed by atoms with van der Waals surface area (Å²) in [6, 6.07) is 14.2. The summed E-state index contributed by atoms with van der Waals surface area (Å²) in [4.78, 5) is 27.0. The quantitative estimate of drug-likeness (QED) is 0.439. The number of benzene rings is 2. The summed E-state index contributed by atoms with van der Waals surface area (Å²) in [5.74, 6) is -0.399. The molecule has 3 rings (SSSR count). The van der Waals surface area contributed by atoms with Crippen LogP contribution in [0.4, 0.5) is 16.2 Å². The number of esters is 1. The third-order valence-corrected chi connectivity index (χ3v) is 5.77. The number of hydrogen-bond donors (Lipinski definition) is 3. The van der Waals surface area contributed by atoms with Crippen LogP contribution in [-0.2, 0) is 16.0 Å². The molecule has 1 heterocycles. The molecule has 168 valence electrons. The first-order valence-electron chi connectivity index (χ1n) is 10.5. The van der Waals surface area contributed by atoms with Crippen LogP contribution in [0.1, 0.15) is 37.9 Å². The minimum absolute atomic E-state index is 0.275. The summed E-state index contributed by atoms with van der Waals surface area (Å²) >= 11 is 5.43. The van der Waals surface area contributed by atoms with Gasteiger partial charge in [0.25, 0.3) is 0 Å². The fraction of sp³-hybridized carbons (Fsp3) is 0.292. The predicted octanol–water partition coefficient (Wildman–Crippen LogP) is 4.59. The van der Waals surface area contributed by atoms with Gasteiger partial charge in [0.1, 0.15) is 0 Å². The fourth-order valence-electron chi connectivity index (χ4n) is 3.59. The fourth-order valence-corrected chi connectivity index (χ4v) is 3.84. The van der Waals surface area contributed by atoms with Crippen LogP contribution in [-0.4, -0.2) is 35.7 Å². The molecular weight excluding hydrogens is 424 g/mol. The summed E-state index contributed by atoms with van der Waals surface area (Å²) in [7, 11) is 1.80. The van der Waals surface area contributed by atoms with E-state index >= 15 is 0 Å². The number of para-hydroxylation sites is 1. The third kappa shape index (κ3) is 5.08. The summed E-state index contributed by atoms with van der Waals surface area (Å²) in [5.41, 5.74) is 4.43. The van der Waals surface area contributed by atoms with Crippen LogP contribution in [0, 0.1) is 0 Å². The zero-order valence-electron chi connectivity index (χ0n) is 18.7. The highest BCUT2D eigenvalue weighted by molar-refractivity contribution is 7.80. The molecule has 0 aromatic heterocycles. The van der Waals surface area contributed by atoms with Crippen molar-refractivity contribution < 1.29 is 14.3 Å². The third-order valence-electron chi connectivity index (χ3n) is 5.37. The van der Waals surface area contributed by atoms with E-state index in [-0.39, 0.29) is 12.6 Å². The molecule has 2 aromatic carbocycles. The van der Waals surface area contributed by atoms with Gasteiger partial charge in [0, 0.05) is 24.1 Å². The Labute approximate surface area is 193 Å². The molecule has 2 aromatic rings. The minimum Gasteiger partial charge on any atom is -0.463 e. The summed E-state index contributed by atoms with van der Waals surface area (Å²) in [6.45, 7) is 5.93. The normalized spacial score (nSPS) is 15.8. The molecule has 0 fully saturated rings. The number of anilines is 2. The van der Waals surface area contributed by atoms with E-state index in [1.165, 1.54) is 0 Å². The standard InChI is InChI=1S/C24H28N4O3S/c1-5-16-10-7-8-13-19(16)26-23(30)25-18-12-9-11-17(14-18)21-20(22(29)31-6-2)15(3)28(4)24(32)27-21/h7-14,21H,5-6H2,1-4H3,(H,27,32)(H2,25,26,30)/t21-/m1/s1. The first-order valence-corrected chi connectivity index (χ1v) is 10.9. The second kappa shape index (κ2) is 10.3. The van der Waals surface area contributed by atoms with Gasteiger partial charge >= 0.3 is 12.0 Å². The first kappa shape index (κ1) is 23.3. The Hall–Kier alpha value is -3.39. The van der Waals surface area contributed by atoms with E-state index in [1.54, 1.807) is 24.9 Å². The highest BCUT2D eigenvalue weighted by atomic mass is 32.1. The van der Waals surface area contributed by atoms with Crippen LogP contribution < -0.4 is 16.0 Å². The number of thiocarbonyl (C=S) groups is 1. The van der Waals surface area contributed by atoms with Crippen molar-refractivity contribution >= 4 is 40.7 Å². The topological polar surface area (TPSA) is 82.7 Å². The molecule has 2 amide bonds. The Balaban J connectivity index is 1.85. The number of carbonyl (C=O) groups is 2. The number of rotatable bonds is 6. The SMILES string of the molecule is CCOC(=O)C1=C(C)N(C)C(=S)N[C@@H]1c1cccc(NC(=O)Nc2ccccc2CC)c1. The van der Waals surface area contributed by atoms with Gasteiger partial charge in [-0.05, 0) is 61.8 Å². The number of aryl methyl sites for hydroxylation is 1. The van der Waals surface area contributed by atoms with Gasteiger partial charge in [0.2, 0.25) is 0 Å². The lowest BCUT2D eigenvalue weighted by molar-refractivity contribution is -0.139. The van der Waals surface area contributed by atoms with Gasteiger partial charge in [-0.1, -0.05) is 37.3 Å². The average Bonchev–Trinajstić information content (AvgIpc) is 2.77. The molecule has 8 heteroatoms. The van der Waals surface area contributed by atoms with Crippen LogP contribution in [0.15, 0.2) is 59.8 Å². The Morgan fingerprint density at radius 1 is 1.12 bits per heavy atom. The maximum Gasteiger partial charge on any atom is 0.338 e. The van der Waals surface area contributed by atoms with Crippen molar-refractivity contribution in [1.29, 1.82) is 0 Å². The van der Waals surface area contributed by atoms with E-state index in [2.05, 4.69) is 16.0 Å². The highest BCUT2D eigenvalue weighted by Crippen LogP contribution is 2.32. The average molecular weight is 453 g/mol. The van der Waals surface area contributed by atoms with E-state index in [0.29, 0.717) is 16.4 Å². The maximum atomic E-state index is 12.7. The van der Waals surface area contributed by atoms with Gasteiger partial charge in [0.05, 0.1) is 18.2 Å². The molecule has 0 unspecified atom stereocenters. The summed E-state index contributed by atoms with van der Waals surface area (Å²) in [6.07, 6.45) is 0.815. The molecular formula is C24H28N4O3S. The molecule has 0 aliphatic carbocycles. The monoisotopic (exact) mass is 452 g/mol. The maximum absolute atomic E-state index is 12.7. The second-order valence-corrected chi connectivity index (χ2v) is 7.76. The van der Waals surface area contributed by atoms with Crippen LogP contribution in [0.2, 0.25) is 0 Å². The lowest BCUT2D eigenvalue weighted by Crippen LogP contribution is -2.46. The predicted molar refractivity (Wildman–Crippen MR) is 130 cm³/mol. The van der Waals surface area contributed by atoms with Gasteiger partial charge in [-0.25, -0.2) is 9.59 Å². The van der Waals surface area contributed by atoms with Crippen LogP contribution in [0.25, 0.3) is 0 Å². The molecule has 0 saturated heterocycles. The van der Waals surface area contributed by atoms with Crippen molar-refractivity contribution in [2.45, 2.75) is 33.2 Å². The van der Waals surface area contributed by atoms with E-state index in [4.69, 9.17) is 17.0 Å². The molecule has 0 saturated carbocycles. The number of ether oxygens (including phenoxy) is 1. The largest absolute Gasteiger partial charge is 0.463 e. The Kier molecular flexibility index (Phi) is 7.48. The molecule has 7 nitrogen and oxygen atoms in total. The van der Waals surface area contributed by atoms with Gasteiger partial charge in [-0.3, -0.25) is 0 Å². The molecule has 3 N–H and O–H groups in total. The number of nitrogens with zero attached hydrogens (tertiary/aromatic N) is 1. The molecule has 1 aliphatic heterocycles. The number of amides is 2. The van der Waals surface area contributed by atoms with Crippen molar-refractivity contribution in [2.24, 2.45) is 0 Å². The van der Waals surface area contributed by atoms with Gasteiger partial charge in [-0.2, -0.15) is 0 Å². The zero-order valence-corrected chi connectivity index (χ0v) is 19.5. The van der Waals surface area contributed by atoms with Crippen molar-refractivity contribution in [2.75, 3.05) is 24.3 Å². The number of nitrogens with one attached hydrogen (secondary N) is 3. The van der Waals surface area contributed by atoms with Crippen LogP contribution in [0.3, 0.4) is 0 Å². The number of carbonyl (C=O) groups excluding carboxylic acids is 2. The number of allylic oxidation sites excluding steroid dienone is 1. The number of hydrogen-bond acceptors (Lipinski definition) is 4. The molecule has 0 spiro atoms. The van der Waals surface area contributed by atoms with Gasteiger partial charge < -0.3 is 25.6 Å². The van der Waals surface area contributed by atoms with Crippen molar-refractivity contribution in [3.8, 4) is 0 Å². The molecule has 32 heavy (non-hydrogen) atoms. The smallest absolute Gasteiger partial charge is 0.338 e. The Morgan fingerprint density at radius 2 is 1.88 bits per heavy atom. The van der Waals surface area contributed by atoms with E-state index in [0.717, 1.165) is 28.9 Å². The van der Waals surface area contributed by atoms with E-state index in [9.17, 15) is 9.59 Å². The molecule has 0 radical (unpaired) electrons. The van der Waals surface area contributed by atoms with Crippen LogP contribution >= 0.6 is 12.2 Å². The minimum atomic E-state index is -0.483. The molecule has 1 aliphatic rings. The lowest BCUT2D eigenvalue weighted by Gasteiger charge is -2.35. The Morgan fingerprint density at radius 3 is 2.59 bits per heavy atom. The van der Waals surface area contributed by atoms with Crippen LogP contribution in [0.5, 0.6) is 0 Å². The van der Waals surface area contributed by atoms with E-state index < -0.39 is 12.0 Å². The molecule has 0 bridgehead atoms. The zero-order chi connectivity index (χ0) is 23.3. The van der Waals surface area contributed by atoms with Gasteiger partial charge in [0.15, 0.2) is 5.11 Å². The van der Waals surface area contributed by atoms with Crippen molar-refractivity contribution in [3.63, 3.8) is 0 Å². The number of urea groups is 1. The molecule has 1 atom stereocenters. The Bertz CT molecular complexity index is 1070. The second-order valence-electron chi connectivity index (χ2n) is 7.38. The van der Waals surface area contributed by atoms with Gasteiger partial charge in [-0.15, -0.1) is 0 Å². The summed E-state index contributed by atoms with van der Waals surface area (Å²) in [5, 5.41) is 9.48. The summed E-state index contributed by atoms with van der Waals surface area (Å²) < 4.78 is 5.28. The first-order chi connectivity index (χ1) is 15.3. The van der Waals surface area contributed by atoms with E-state index in [1.807, 2.05) is 56.3 Å². The van der Waals surface area contributed by atoms with Crippen molar-refractivity contribution in [3.05, 3.63) is 70.9 Å². The van der Waals surface area contributed by atoms with Crippen molar-refractivity contribution in [1.82, 2.24) is 10.2 Å².